The van der Waals surface area contributed by atoms with Crippen LogP contribution in [0.25, 0.3) is 0 Å². The van der Waals surface area contributed by atoms with Gasteiger partial charge in [0.1, 0.15) is 6.04 Å². The highest BCUT2D eigenvalue weighted by atomic mass is 32.2. The third-order valence-corrected chi connectivity index (χ3v) is 5.18. The molecule has 0 aliphatic rings. The fourth-order valence-corrected chi connectivity index (χ4v) is 3.69. The summed E-state index contributed by atoms with van der Waals surface area (Å²) in [6.07, 6.45) is 0.816. The third-order valence-electron chi connectivity index (χ3n) is 3.94. The van der Waals surface area contributed by atoms with Crippen LogP contribution >= 0.6 is 0 Å². The molecule has 2 aromatic carbocycles. The van der Waals surface area contributed by atoms with Crippen LogP contribution in [0.15, 0.2) is 36.4 Å². The highest BCUT2D eigenvalue weighted by Gasteiger charge is 2.30. The molecule has 1 atom stereocenters. The van der Waals surface area contributed by atoms with Crippen molar-refractivity contribution < 1.29 is 26.9 Å². The van der Waals surface area contributed by atoms with Crippen LogP contribution in [0.4, 0.5) is 25.8 Å². The van der Waals surface area contributed by atoms with E-state index in [0.29, 0.717) is 15.9 Å². The SMILES string of the molecule is Cc1ccc([N+](=O)[O-])cc1NC(=O)[C@H](C)N(c1ccc(F)c(F)c1)S(C)(=O)=O. The average molecular weight is 413 g/mol. The number of aryl methyl sites for hydroxylation is 1. The van der Waals surface area contributed by atoms with Crippen molar-refractivity contribution >= 4 is 33.0 Å². The number of rotatable bonds is 6. The van der Waals surface area contributed by atoms with Gasteiger partial charge >= 0.3 is 0 Å². The van der Waals surface area contributed by atoms with Crippen LogP contribution in [-0.2, 0) is 14.8 Å². The minimum atomic E-state index is -4.04. The van der Waals surface area contributed by atoms with E-state index in [9.17, 15) is 32.1 Å². The Bertz CT molecular complexity index is 1040. The number of hydrogen-bond donors (Lipinski definition) is 1. The maximum absolute atomic E-state index is 13.6. The predicted octanol–water partition coefficient (Wildman–Crippen LogP) is 2.97. The van der Waals surface area contributed by atoms with E-state index in [1.54, 1.807) is 6.92 Å². The van der Waals surface area contributed by atoms with E-state index in [4.69, 9.17) is 0 Å². The van der Waals surface area contributed by atoms with Gasteiger partial charge in [0, 0.05) is 18.2 Å². The van der Waals surface area contributed by atoms with E-state index in [1.807, 2.05) is 0 Å². The molecule has 28 heavy (non-hydrogen) atoms. The molecule has 2 rings (SSSR count). The van der Waals surface area contributed by atoms with Crippen molar-refractivity contribution in [3.63, 3.8) is 0 Å². The summed E-state index contributed by atoms with van der Waals surface area (Å²) >= 11 is 0. The van der Waals surface area contributed by atoms with Crippen molar-refractivity contribution in [2.45, 2.75) is 19.9 Å². The van der Waals surface area contributed by atoms with Crippen LogP contribution in [0.5, 0.6) is 0 Å². The Balaban J connectivity index is 2.38. The van der Waals surface area contributed by atoms with Gasteiger partial charge in [-0.25, -0.2) is 17.2 Å². The molecule has 0 unspecified atom stereocenters. The van der Waals surface area contributed by atoms with E-state index in [2.05, 4.69) is 5.32 Å². The van der Waals surface area contributed by atoms with Gasteiger partial charge in [0.05, 0.1) is 22.6 Å². The van der Waals surface area contributed by atoms with E-state index in [0.717, 1.165) is 24.5 Å². The van der Waals surface area contributed by atoms with Crippen molar-refractivity contribution in [3.8, 4) is 0 Å². The zero-order chi connectivity index (χ0) is 21.2. The van der Waals surface area contributed by atoms with Crippen LogP contribution in [0, 0.1) is 28.7 Å². The molecule has 150 valence electrons. The van der Waals surface area contributed by atoms with Crippen LogP contribution in [0.2, 0.25) is 0 Å². The molecule has 1 N–H and O–H groups in total. The van der Waals surface area contributed by atoms with Gasteiger partial charge < -0.3 is 5.32 Å². The number of nitrogens with one attached hydrogen (secondary N) is 1. The Morgan fingerprint density at radius 3 is 2.36 bits per heavy atom. The minimum Gasteiger partial charge on any atom is -0.324 e. The molecule has 8 nitrogen and oxygen atoms in total. The number of halogens is 2. The second kappa shape index (κ2) is 7.89. The molecule has 0 heterocycles. The lowest BCUT2D eigenvalue weighted by Crippen LogP contribution is -2.45. The first-order valence-electron chi connectivity index (χ1n) is 7.92. The number of anilines is 2. The number of nitro benzene ring substituents is 1. The third kappa shape index (κ3) is 4.60. The first-order valence-corrected chi connectivity index (χ1v) is 9.77. The van der Waals surface area contributed by atoms with E-state index >= 15 is 0 Å². The molecule has 0 aliphatic heterocycles. The van der Waals surface area contributed by atoms with Crippen LogP contribution in [-0.4, -0.2) is 31.5 Å². The van der Waals surface area contributed by atoms with Crippen molar-refractivity contribution in [1.29, 1.82) is 0 Å². The van der Waals surface area contributed by atoms with Crippen molar-refractivity contribution in [2.75, 3.05) is 15.9 Å². The highest BCUT2D eigenvalue weighted by Crippen LogP contribution is 2.25. The molecular formula is C17H17F2N3O5S. The first kappa shape index (κ1) is 21.2. The number of carbonyl (C=O) groups excluding carboxylic acids is 1. The molecule has 1 amide bonds. The molecule has 0 spiro atoms. The molecule has 0 bridgehead atoms. The normalized spacial score (nSPS) is 12.3. The van der Waals surface area contributed by atoms with Crippen molar-refractivity contribution in [2.24, 2.45) is 0 Å². The van der Waals surface area contributed by atoms with Gasteiger partial charge in [0.15, 0.2) is 11.6 Å². The molecule has 0 saturated heterocycles. The Morgan fingerprint density at radius 2 is 1.82 bits per heavy atom. The summed E-state index contributed by atoms with van der Waals surface area (Å²) in [5.74, 6) is -3.24. The van der Waals surface area contributed by atoms with Crippen LogP contribution in [0.3, 0.4) is 0 Å². The maximum atomic E-state index is 13.6. The summed E-state index contributed by atoms with van der Waals surface area (Å²) in [5.41, 5.74) is 0.156. The maximum Gasteiger partial charge on any atom is 0.271 e. The standard InChI is InChI=1S/C17H17F2N3O5S/c1-10-4-5-13(22(24)25)9-16(10)20-17(23)11(2)21(28(3,26)27)12-6-7-14(18)15(19)8-12/h4-9,11H,1-3H3,(H,20,23)/t11-/m0/s1. The number of nitro groups is 1. The fraction of sp³-hybridized carbons (Fsp3) is 0.235. The number of non-ortho nitro benzene ring substituents is 1. The second-order valence-corrected chi connectivity index (χ2v) is 7.94. The number of nitrogens with zero attached hydrogens (tertiary/aromatic N) is 2. The number of amides is 1. The summed E-state index contributed by atoms with van der Waals surface area (Å²) in [6.45, 7) is 2.86. The Labute approximate surface area is 160 Å². The van der Waals surface area contributed by atoms with Crippen molar-refractivity contribution in [1.82, 2.24) is 0 Å². The van der Waals surface area contributed by atoms with Gasteiger partial charge in [0.2, 0.25) is 15.9 Å². The second-order valence-electron chi connectivity index (χ2n) is 6.08. The first-order chi connectivity index (χ1) is 12.9. The lowest BCUT2D eigenvalue weighted by atomic mass is 10.1. The van der Waals surface area contributed by atoms with Crippen molar-refractivity contribution in [3.05, 3.63) is 63.7 Å². The van der Waals surface area contributed by atoms with Crippen LogP contribution < -0.4 is 9.62 Å². The molecule has 0 aliphatic carbocycles. The number of sulfonamides is 1. The topological polar surface area (TPSA) is 110 Å². The Hall–Kier alpha value is -3.08. The smallest absolute Gasteiger partial charge is 0.271 e. The molecular weight excluding hydrogens is 396 g/mol. The zero-order valence-electron chi connectivity index (χ0n) is 15.1. The summed E-state index contributed by atoms with van der Waals surface area (Å²) in [4.78, 5) is 22.9. The highest BCUT2D eigenvalue weighted by molar-refractivity contribution is 7.92. The lowest BCUT2D eigenvalue weighted by molar-refractivity contribution is -0.384. The van der Waals surface area contributed by atoms with Gasteiger partial charge in [-0.05, 0) is 31.5 Å². The van der Waals surface area contributed by atoms with Gasteiger partial charge in [-0.3, -0.25) is 19.2 Å². The zero-order valence-corrected chi connectivity index (χ0v) is 16.0. The number of benzene rings is 2. The summed E-state index contributed by atoms with van der Waals surface area (Å²) in [5, 5.41) is 13.3. The van der Waals surface area contributed by atoms with Crippen LogP contribution in [0.1, 0.15) is 12.5 Å². The monoisotopic (exact) mass is 413 g/mol. The van der Waals surface area contributed by atoms with Gasteiger partial charge in [0.25, 0.3) is 5.69 Å². The lowest BCUT2D eigenvalue weighted by Gasteiger charge is -2.28. The largest absolute Gasteiger partial charge is 0.324 e. The van der Waals surface area contributed by atoms with Gasteiger partial charge in [-0.1, -0.05) is 6.07 Å². The predicted molar refractivity (Wildman–Crippen MR) is 99.6 cm³/mol. The quantitative estimate of drug-likeness (QED) is 0.578. The van der Waals surface area contributed by atoms with E-state index in [1.165, 1.54) is 19.1 Å². The minimum absolute atomic E-state index is 0.129. The Kier molecular flexibility index (Phi) is 5.98. The van der Waals surface area contributed by atoms with Gasteiger partial charge in [-0.2, -0.15) is 0 Å². The summed E-state index contributed by atoms with van der Waals surface area (Å²) < 4.78 is 51.7. The Morgan fingerprint density at radius 1 is 1.18 bits per heavy atom. The van der Waals surface area contributed by atoms with Gasteiger partial charge in [-0.15, -0.1) is 0 Å². The average Bonchev–Trinajstić information content (AvgIpc) is 2.58. The molecule has 0 radical (unpaired) electrons. The summed E-state index contributed by atoms with van der Waals surface area (Å²) in [6, 6.07) is 4.93. The molecule has 0 fully saturated rings. The molecule has 2 aromatic rings. The number of carbonyl (C=O) groups is 1. The fourth-order valence-electron chi connectivity index (χ4n) is 2.53. The number of hydrogen-bond acceptors (Lipinski definition) is 5. The van der Waals surface area contributed by atoms with E-state index < -0.39 is 38.5 Å². The van der Waals surface area contributed by atoms with E-state index in [-0.39, 0.29) is 17.1 Å². The molecule has 0 saturated carbocycles. The molecule has 11 heteroatoms. The molecule has 0 aromatic heterocycles. The summed E-state index contributed by atoms with van der Waals surface area (Å²) in [7, 11) is -4.04.